The van der Waals surface area contributed by atoms with Gasteiger partial charge in [-0.25, -0.2) is 18.4 Å². The zero-order chi connectivity index (χ0) is 13.9. The first-order valence-corrected chi connectivity index (χ1v) is 3.57. The van der Waals surface area contributed by atoms with E-state index in [0.717, 1.165) is 0 Å². The maximum Gasteiger partial charge on any atom is 0.512 e. The number of halogens is 5. The lowest BCUT2D eigenvalue weighted by atomic mass is 10.7. The van der Waals surface area contributed by atoms with Crippen molar-refractivity contribution in [3.63, 3.8) is 0 Å². The molecule has 0 aliphatic rings. The molecule has 17 heavy (non-hydrogen) atoms. The second kappa shape index (κ2) is 9.42. The van der Waals surface area contributed by atoms with E-state index in [1.807, 2.05) is 0 Å². The molecule has 102 valence electrons. The third-order valence-electron chi connectivity index (χ3n) is 0.704. The van der Waals surface area contributed by atoms with Crippen LogP contribution in [-0.4, -0.2) is 43.9 Å². The van der Waals surface area contributed by atoms with Crippen LogP contribution in [0.2, 0.25) is 0 Å². The van der Waals surface area contributed by atoms with E-state index in [-0.39, 0.29) is 0 Å². The summed E-state index contributed by atoms with van der Waals surface area (Å²) in [5, 5.41) is 7.55. The Labute approximate surface area is 90.9 Å². The lowest BCUT2D eigenvalue weighted by Crippen LogP contribution is -2.19. The van der Waals surface area contributed by atoms with E-state index >= 15 is 0 Å². The third-order valence-corrected chi connectivity index (χ3v) is 0.704. The molecule has 0 aromatic heterocycles. The summed E-state index contributed by atoms with van der Waals surface area (Å²) in [6.07, 6.45) is -7.83. The molecule has 0 aliphatic heterocycles. The highest BCUT2D eigenvalue weighted by Crippen LogP contribution is 2.14. The van der Waals surface area contributed by atoms with Crippen molar-refractivity contribution in [1.82, 2.24) is 0 Å². The molecular weight excluding hydrogens is 263 g/mol. The second-order valence-corrected chi connectivity index (χ2v) is 1.93. The SMILES string of the molecule is O=C(O)OCC(F)(F)F.O=C(OCF)OCF. The van der Waals surface area contributed by atoms with Gasteiger partial charge >= 0.3 is 18.5 Å². The number of carbonyl (C=O) groups excluding carboxylic acids is 1. The van der Waals surface area contributed by atoms with Gasteiger partial charge in [-0.15, -0.1) is 0 Å². The van der Waals surface area contributed by atoms with Crippen LogP contribution in [0.5, 0.6) is 0 Å². The van der Waals surface area contributed by atoms with Crippen molar-refractivity contribution >= 4 is 12.3 Å². The molecule has 0 aromatic rings. The number of carboxylic acid groups (broad SMARTS) is 1. The van der Waals surface area contributed by atoms with Crippen LogP contribution < -0.4 is 0 Å². The molecule has 0 spiro atoms. The molecule has 0 rings (SSSR count). The largest absolute Gasteiger partial charge is 0.512 e. The van der Waals surface area contributed by atoms with Crippen molar-refractivity contribution in [2.75, 3.05) is 20.3 Å². The summed E-state index contributed by atoms with van der Waals surface area (Å²) >= 11 is 0. The number of rotatable bonds is 3. The monoisotopic (exact) mass is 270 g/mol. The van der Waals surface area contributed by atoms with E-state index < -0.39 is 38.8 Å². The van der Waals surface area contributed by atoms with Gasteiger partial charge in [-0.2, -0.15) is 13.2 Å². The predicted octanol–water partition coefficient (Wildman–Crippen LogP) is 2.24. The number of hydrogen-bond donors (Lipinski definition) is 1. The van der Waals surface area contributed by atoms with Crippen molar-refractivity contribution in [3.8, 4) is 0 Å². The predicted molar refractivity (Wildman–Crippen MR) is 39.5 cm³/mol. The molecular formula is C6H7F5O6. The highest BCUT2D eigenvalue weighted by molar-refractivity contribution is 5.59. The first kappa shape index (κ1) is 17.6. The Kier molecular flexibility index (Phi) is 9.74. The van der Waals surface area contributed by atoms with Crippen LogP contribution in [0.15, 0.2) is 0 Å². The highest BCUT2D eigenvalue weighted by atomic mass is 19.4. The van der Waals surface area contributed by atoms with Crippen LogP contribution in [0.4, 0.5) is 31.5 Å². The van der Waals surface area contributed by atoms with Gasteiger partial charge in [0.25, 0.3) is 0 Å². The van der Waals surface area contributed by atoms with Gasteiger partial charge in [0.15, 0.2) is 6.61 Å². The van der Waals surface area contributed by atoms with Crippen molar-refractivity contribution < 1.29 is 50.9 Å². The molecule has 6 nitrogen and oxygen atoms in total. The van der Waals surface area contributed by atoms with E-state index in [0.29, 0.717) is 0 Å². The maximum absolute atomic E-state index is 11.0. The summed E-state index contributed by atoms with van der Waals surface area (Å²) in [6, 6.07) is 0. The molecule has 11 heteroatoms. The van der Waals surface area contributed by atoms with Crippen molar-refractivity contribution in [3.05, 3.63) is 0 Å². The topological polar surface area (TPSA) is 82.1 Å². The van der Waals surface area contributed by atoms with Crippen molar-refractivity contribution in [2.45, 2.75) is 6.18 Å². The summed E-state index contributed by atoms with van der Waals surface area (Å²) in [7, 11) is 0. The van der Waals surface area contributed by atoms with Crippen LogP contribution in [0, 0.1) is 0 Å². The Morgan fingerprint density at radius 3 is 1.59 bits per heavy atom. The molecule has 1 N–H and O–H groups in total. The number of ether oxygens (including phenoxy) is 3. The van der Waals surface area contributed by atoms with Gasteiger partial charge in [0.05, 0.1) is 0 Å². The Balaban J connectivity index is 0. The second-order valence-electron chi connectivity index (χ2n) is 1.93. The van der Waals surface area contributed by atoms with Gasteiger partial charge in [-0.05, 0) is 0 Å². The maximum atomic E-state index is 11.0. The fourth-order valence-electron chi connectivity index (χ4n) is 0.274. The van der Waals surface area contributed by atoms with E-state index in [4.69, 9.17) is 5.11 Å². The van der Waals surface area contributed by atoms with Crippen molar-refractivity contribution in [2.24, 2.45) is 0 Å². The Hall–Kier alpha value is -1.81. The standard InChI is InChI=1S/C3H3F3O3.C3H4F2O3/c4-3(5,6)1-9-2(7)8;4-1-7-3(6)8-2-5/h1H2,(H,7,8);1-2H2. The number of alkyl halides is 5. The van der Waals surface area contributed by atoms with Gasteiger partial charge < -0.3 is 19.3 Å². The minimum atomic E-state index is -4.57. The molecule has 0 heterocycles. The molecule has 0 saturated carbocycles. The molecule has 0 unspecified atom stereocenters. The van der Waals surface area contributed by atoms with Gasteiger partial charge in [-0.3, -0.25) is 0 Å². The van der Waals surface area contributed by atoms with E-state index in [2.05, 4.69) is 14.2 Å². The van der Waals surface area contributed by atoms with Gasteiger partial charge in [0.1, 0.15) is 0 Å². The third kappa shape index (κ3) is 20.3. The average molecular weight is 270 g/mol. The summed E-state index contributed by atoms with van der Waals surface area (Å²) < 4.78 is 65.2. The summed E-state index contributed by atoms with van der Waals surface area (Å²) in [5.41, 5.74) is 0. The Morgan fingerprint density at radius 2 is 1.41 bits per heavy atom. The first-order valence-electron chi connectivity index (χ1n) is 3.57. The zero-order valence-electron chi connectivity index (χ0n) is 8.00. The molecule has 0 amide bonds. The van der Waals surface area contributed by atoms with Gasteiger partial charge in [0.2, 0.25) is 13.7 Å². The highest BCUT2D eigenvalue weighted by Gasteiger charge is 2.29. The van der Waals surface area contributed by atoms with Crippen LogP contribution >= 0.6 is 0 Å². The van der Waals surface area contributed by atoms with Crippen LogP contribution in [0.25, 0.3) is 0 Å². The normalized spacial score (nSPS) is 9.71. The first-order chi connectivity index (χ1) is 7.72. The number of hydrogen-bond acceptors (Lipinski definition) is 5. The lowest BCUT2D eigenvalue weighted by Gasteiger charge is -2.02. The summed E-state index contributed by atoms with van der Waals surface area (Å²) in [6.45, 7) is -4.33. The fraction of sp³-hybridized carbons (Fsp3) is 0.667. The van der Waals surface area contributed by atoms with Crippen LogP contribution in [0.1, 0.15) is 0 Å². The van der Waals surface area contributed by atoms with E-state index in [1.165, 1.54) is 0 Å². The summed E-state index contributed by atoms with van der Waals surface area (Å²) in [5.74, 6) is 0. The minimum absolute atomic E-state index is 1.29. The fourth-order valence-corrected chi connectivity index (χ4v) is 0.274. The molecule has 0 atom stereocenters. The average Bonchev–Trinajstić information content (AvgIpc) is 2.15. The minimum Gasteiger partial charge on any atom is -0.450 e. The van der Waals surface area contributed by atoms with Gasteiger partial charge in [-0.1, -0.05) is 0 Å². The zero-order valence-corrected chi connectivity index (χ0v) is 8.00. The quantitative estimate of drug-likeness (QED) is 0.625. The smallest absolute Gasteiger partial charge is 0.450 e. The molecule has 0 aliphatic carbocycles. The molecule has 0 saturated heterocycles. The molecule has 0 aromatic carbocycles. The molecule has 0 radical (unpaired) electrons. The Morgan fingerprint density at radius 1 is 1.00 bits per heavy atom. The van der Waals surface area contributed by atoms with Gasteiger partial charge in [0, 0.05) is 0 Å². The Bertz CT molecular complexity index is 221. The van der Waals surface area contributed by atoms with Crippen LogP contribution in [-0.2, 0) is 14.2 Å². The molecule has 0 fully saturated rings. The van der Waals surface area contributed by atoms with Crippen molar-refractivity contribution in [1.29, 1.82) is 0 Å². The van der Waals surface area contributed by atoms with E-state index in [1.54, 1.807) is 0 Å². The summed E-state index contributed by atoms with van der Waals surface area (Å²) in [4.78, 5) is 19.0. The van der Waals surface area contributed by atoms with E-state index in [9.17, 15) is 31.5 Å². The number of carbonyl (C=O) groups is 2. The van der Waals surface area contributed by atoms with Crippen LogP contribution in [0.3, 0.4) is 0 Å². The lowest BCUT2D eigenvalue weighted by molar-refractivity contribution is -0.163. The molecule has 0 bridgehead atoms.